The van der Waals surface area contributed by atoms with Gasteiger partial charge in [-0.05, 0) is 33.2 Å². The lowest BCUT2D eigenvalue weighted by Crippen LogP contribution is -2.45. The molecule has 140 valence electrons. The van der Waals surface area contributed by atoms with Crippen LogP contribution in [-0.2, 0) is 27.3 Å². The van der Waals surface area contributed by atoms with Gasteiger partial charge in [-0.25, -0.2) is 9.97 Å². The number of ether oxygens (including phenoxy) is 1. The predicted molar refractivity (Wildman–Crippen MR) is 94.0 cm³/mol. The normalized spacial score (nSPS) is 27.8. The summed E-state index contributed by atoms with van der Waals surface area (Å²) in [6.07, 6.45) is 6.26. The fraction of sp³-hybridized carbons (Fsp3) is 0.684. The summed E-state index contributed by atoms with van der Waals surface area (Å²) in [6.45, 7) is 5.77. The SMILES string of the molecule is CC1(C)OC(=O)C[C@H]1C(=O)N1CCc2nc([C@@H]3CCCCN3)ncc2C1. The molecule has 2 atom stereocenters. The third-order valence-corrected chi connectivity index (χ3v) is 5.77. The second kappa shape index (κ2) is 6.61. The summed E-state index contributed by atoms with van der Waals surface area (Å²) in [5.74, 6) is 0.158. The Hall–Kier alpha value is -2.02. The smallest absolute Gasteiger partial charge is 0.307 e. The average molecular weight is 358 g/mol. The molecular formula is C19H26N4O3. The number of nitrogens with one attached hydrogen (secondary N) is 1. The first-order valence-corrected chi connectivity index (χ1v) is 9.53. The quantitative estimate of drug-likeness (QED) is 0.807. The van der Waals surface area contributed by atoms with Gasteiger partial charge in [0.2, 0.25) is 5.91 Å². The van der Waals surface area contributed by atoms with Crippen molar-refractivity contribution in [3.63, 3.8) is 0 Å². The summed E-state index contributed by atoms with van der Waals surface area (Å²) < 4.78 is 5.31. The van der Waals surface area contributed by atoms with Gasteiger partial charge >= 0.3 is 5.97 Å². The van der Waals surface area contributed by atoms with Gasteiger partial charge in [0, 0.05) is 31.3 Å². The highest BCUT2D eigenvalue weighted by Gasteiger charge is 2.47. The number of aromatic nitrogens is 2. The van der Waals surface area contributed by atoms with E-state index in [1.165, 1.54) is 12.8 Å². The Bertz CT molecular complexity index is 727. The molecule has 0 aliphatic carbocycles. The highest BCUT2D eigenvalue weighted by atomic mass is 16.6. The second-order valence-corrected chi connectivity index (χ2v) is 8.05. The Morgan fingerprint density at radius 1 is 1.38 bits per heavy atom. The molecule has 1 aromatic rings. The molecule has 2 fully saturated rings. The van der Waals surface area contributed by atoms with E-state index in [9.17, 15) is 9.59 Å². The number of cyclic esters (lactones) is 1. The van der Waals surface area contributed by atoms with Crippen LogP contribution >= 0.6 is 0 Å². The number of hydrogen-bond donors (Lipinski definition) is 1. The van der Waals surface area contributed by atoms with Crippen LogP contribution in [-0.4, -0.2) is 45.4 Å². The van der Waals surface area contributed by atoms with E-state index in [0.717, 1.165) is 36.5 Å². The molecule has 26 heavy (non-hydrogen) atoms. The molecule has 2 saturated heterocycles. The molecule has 3 aliphatic rings. The van der Waals surface area contributed by atoms with E-state index in [-0.39, 0.29) is 24.3 Å². The zero-order chi connectivity index (χ0) is 18.3. The Kier molecular flexibility index (Phi) is 4.42. The van der Waals surface area contributed by atoms with Crippen LogP contribution in [0, 0.1) is 5.92 Å². The van der Waals surface area contributed by atoms with Crippen molar-refractivity contribution < 1.29 is 14.3 Å². The van der Waals surface area contributed by atoms with Crippen LogP contribution in [0.4, 0.5) is 0 Å². The standard InChI is InChI=1S/C19H26N4O3/c1-19(2)13(9-16(24)26-19)18(25)23-8-6-14-12(11-23)10-21-17(22-14)15-5-3-4-7-20-15/h10,13,15,20H,3-9,11H2,1-2H3/t13-,15-/m0/s1. The molecule has 1 aromatic heterocycles. The van der Waals surface area contributed by atoms with Gasteiger partial charge in [-0.2, -0.15) is 0 Å². The Labute approximate surface area is 153 Å². The number of nitrogens with zero attached hydrogens (tertiary/aromatic N) is 3. The molecule has 0 radical (unpaired) electrons. The number of carbonyl (C=O) groups excluding carboxylic acids is 2. The lowest BCUT2D eigenvalue weighted by atomic mass is 9.89. The fourth-order valence-electron chi connectivity index (χ4n) is 4.18. The van der Waals surface area contributed by atoms with Crippen molar-refractivity contribution >= 4 is 11.9 Å². The summed E-state index contributed by atoms with van der Waals surface area (Å²) in [4.78, 5) is 35.7. The van der Waals surface area contributed by atoms with Crippen LogP contribution in [0.3, 0.4) is 0 Å². The van der Waals surface area contributed by atoms with Crippen LogP contribution in [0.1, 0.15) is 62.7 Å². The molecule has 1 N–H and O–H groups in total. The van der Waals surface area contributed by atoms with Crippen LogP contribution in [0.15, 0.2) is 6.20 Å². The molecule has 0 bridgehead atoms. The van der Waals surface area contributed by atoms with E-state index in [0.29, 0.717) is 13.1 Å². The van der Waals surface area contributed by atoms with Gasteiger partial charge in [0.25, 0.3) is 0 Å². The summed E-state index contributed by atoms with van der Waals surface area (Å²) in [6, 6.07) is 0.246. The van der Waals surface area contributed by atoms with E-state index in [1.54, 1.807) is 0 Å². The molecule has 4 heterocycles. The number of fused-ring (bicyclic) bond motifs is 1. The van der Waals surface area contributed by atoms with Crippen LogP contribution in [0.25, 0.3) is 0 Å². The summed E-state index contributed by atoms with van der Waals surface area (Å²) in [5, 5.41) is 3.48. The third kappa shape index (κ3) is 3.20. The number of esters is 1. The lowest BCUT2D eigenvalue weighted by Gasteiger charge is -2.33. The monoisotopic (exact) mass is 358 g/mol. The number of rotatable bonds is 2. The largest absolute Gasteiger partial charge is 0.459 e. The zero-order valence-electron chi connectivity index (χ0n) is 15.5. The van der Waals surface area contributed by atoms with Gasteiger partial charge < -0.3 is 15.0 Å². The van der Waals surface area contributed by atoms with Crippen molar-refractivity contribution in [2.75, 3.05) is 13.1 Å². The zero-order valence-corrected chi connectivity index (χ0v) is 15.5. The highest BCUT2D eigenvalue weighted by molar-refractivity contribution is 5.87. The van der Waals surface area contributed by atoms with E-state index >= 15 is 0 Å². The maximum absolute atomic E-state index is 12.9. The van der Waals surface area contributed by atoms with Crippen molar-refractivity contribution in [1.82, 2.24) is 20.2 Å². The summed E-state index contributed by atoms with van der Waals surface area (Å²) in [7, 11) is 0. The van der Waals surface area contributed by atoms with Crippen molar-refractivity contribution in [1.29, 1.82) is 0 Å². The van der Waals surface area contributed by atoms with Gasteiger partial charge in [0.1, 0.15) is 11.4 Å². The lowest BCUT2D eigenvalue weighted by molar-refractivity contribution is -0.149. The predicted octanol–water partition coefficient (Wildman–Crippen LogP) is 1.52. The minimum Gasteiger partial charge on any atom is -0.459 e. The van der Waals surface area contributed by atoms with E-state index in [2.05, 4.69) is 10.3 Å². The van der Waals surface area contributed by atoms with Gasteiger partial charge in [-0.15, -0.1) is 0 Å². The number of carbonyl (C=O) groups is 2. The van der Waals surface area contributed by atoms with Gasteiger partial charge in [-0.3, -0.25) is 9.59 Å². The highest BCUT2D eigenvalue weighted by Crippen LogP contribution is 2.35. The molecule has 0 aromatic carbocycles. The first kappa shape index (κ1) is 17.4. The average Bonchev–Trinajstić information content (AvgIpc) is 2.93. The number of hydrogen-bond acceptors (Lipinski definition) is 6. The Balaban J connectivity index is 1.48. The minimum absolute atomic E-state index is 0.00970. The maximum atomic E-state index is 12.9. The third-order valence-electron chi connectivity index (χ3n) is 5.77. The van der Waals surface area contributed by atoms with E-state index < -0.39 is 11.5 Å². The molecule has 7 nitrogen and oxygen atoms in total. The first-order chi connectivity index (χ1) is 12.4. The van der Waals surface area contributed by atoms with Crippen molar-refractivity contribution in [2.45, 2.75) is 64.1 Å². The molecule has 0 unspecified atom stereocenters. The molecule has 3 aliphatic heterocycles. The van der Waals surface area contributed by atoms with E-state index in [1.807, 2.05) is 24.9 Å². The van der Waals surface area contributed by atoms with Crippen molar-refractivity contribution in [3.8, 4) is 0 Å². The molecule has 0 saturated carbocycles. The fourth-order valence-corrected chi connectivity index (χ4v) is 4.18. The Morgan fingerprint density at radius 3 is 2.92 bits per heavy atom. The topological polar surface area (TPSA) is 84.4 Å². The van der Waals surface area contributed by atoms with Crippen molar-refractivity contribution in [3.05, 3.63) is 23.3 Å². The number of piperidine rings is 1. The second-order valence-electron chi connectivity index (χ2n) is 8.05. The van der Waals surface area contributed by atoms with Crippen LogP contribution < -0.4 is 5.32 Å². The van der Waals surface area contributed by atoms with Crippen molar-refractivity contribution in [2.24, 2.45) is 5.92 Å². The molecular weight excluding hydrogens is 332 g/mol. The van der Waals surface area contributed by atoms with Crippen LogP contribution in [0.5, 0.6) is 0 Å². The molecule has 0 spiro atoms. The Morgan fingerprint density at radius 2 is 2.23 bits per heavy atom. The molecule has 1 amide bonds. The van der Waals surface area contributed by atoms with E-state index in [4.69, 9.17) is 9.72 Å². The van der Waals surface area contributed by atoms with Gasteiger partial charge in [-0.1, -0.05) is 6.42 Å². The van der Waals surface area contributed by atoms with Gasteiger partial charge in [0.05, 0.1) is 24.1 Å². The maximum Gasteiger partial charge on any atom is 0.307 e. The first-order valence-electron chi connectivity index (χ1n) is 9.53. The van der Waals surface area contributed by atoms with Crippen LogP contribution in [0.2, 0.25) is 0 Å². The van der Waals surface area contributed by atoms with Gasteiger partial charge in [0.15, 0.2) is 0 Å². The summed E-state index contributed by atoms with van der Waals surface area (Å²) >= 11 is 0. The number of amides is 1. The summed E-state index contributed by atoms with van der Waals surface area (Å²) in [5.41, 5.74) is 1.32. The molecule has 4 rings (SSSR count). The minimum atomic E-state index is -0.735. The molecule has 7 heteroatoms.